The van der Waals surface area contributed by atoms with E-state index in [1.807, 2.05) is 0 Å². The van der Waals surface area contributed by atoms with Crippen LogP contribution in [-0.4, -0.2) is 74.2 Å². The Morgan fingerprint density at radius 2 is 2.10 bits per heavy atom. The highest BCUT2D eigenvalue weighted by atomic mass is 32.2. The van der Waals surface area contributed by atoms with Gasteiger partial charge in [0.05, 0.1) is 13.2 Å². The van der Waals surface area contributed by atoms with E-state index >= 15 is 0 Å². The summed E-state index contributed by atoms with van der Waals surface area (Å²) in [4.78, 5) is 13.0. The number of hydrogen-bond donors (Lipinski definition) is 1. The first-order valence-electron chi connectivity index (χ1n) is 6.18. The van der Waals surface area contributed by atoms with E-state index < -0.39 is 10.0 Å². The second-order valence-electron chi connectivity index (χ2n) is 4.67. The predicted molar refractivity (Wildman–Crippen MR) is 76.9 cm³/mol. The Bertz CT molecular complexity index is 596. The highest BCUT2D eigenvalue weighted by Crippen LogP contribution is 2.20. The average molecular weight is 319 g/mol. The summed E-state index contributed by atoms with van der Waals surface area (Å²) in [5, 5.41) is 3.82. The molecule has 0 aliphatic carbocycles. The van der Waals surface area contributed by atoms with Crippen LogP contribution in [-0.2, 0) is 26.6 Å². The van der Waals surface area contributed by atoms with Gasteiger partial charge in [0.1, 0.15) is 4.90 Å². The molecule has 1 rings (SSSR count). The fourth-order valence-corrected chi connectivity index (χ4v) is 3.06. The number of nitrogen functional groups attached to an aromatic ring is 1. The van der Waals surface area contributed by atoms with Crippen LogP contribution in [0.1, 0.15) is 0 Å². The fourth-order valence-electron chi connectivity index (χ4n) is 1.59. The third-order valence-corrected chi connectivity index (χ3v) is 4.66. The Hall–Kier alpha value is -1.65. The van der Waals surface area contributed by atoms with Crippen molar-refractivity contribution in [3.8, 4) is 0 Å². The number of carbonyl (C=O) groups is 1. The molecule has 1 aromatic rings. The van der Waals surface area contributed by atoms with Gasteiger partial charge < -0.3 is 15.4 Å². The number of sulfonamides is 1. The molecule has 0 saturated heterocycles. The van der Waals surface area contributed by atoms with Crippen molar-refractivity contribution in [3.05, 3.63) is 6.20 Å². The maximum Gasteiger partial charge on any atom is 0.248 e. The number of hydrogen-bond acceptors (Lipinski definition) is 6. The van der Waals surface area contributed by atoms with Crippen LogP contribution in [0.15, 0.2) is 11.1 Å². The minimum absolute atomic E-state index is 0.0484. The molecule has 2 N–H and O–H groups in total. The zero-order chi connectivity index (χ0) is 16.2. The summed E-state index contributed by atoms with van der Waals surface area (Å²) in [7, 11) is 2.23. The number of ether oxygens (including phenoxy) is 1. The zero-order valence-electron chi connectivity index (χ0n) is 12.6. The molecule has 0 atom stereocenters. The molecule has 120 valence electrons. The number of carbonyl (C=O) groups excluding carboxylic acids is 1. The summed E-state index contributed by atoms with van der Waals surface area (Å²) in [5.74, 6) is -0.436. The Kier molecular flexibility index (Phi) is 5.70. The van der Waals surface area contributed by atoms with E-state index in [0.717, 1.165) is 4.31 Å². The van der Waals surface area contributed by atoms with Gasteiger partial charge in [-0.05, 0) is 0 Å². The van der Waals surface area contributed by atoms with Crippen LogP contribution in [0.4, 0.5) is 5.82 Å². The van der Waals surface area contributed by atoms with Crippen LogP contribution in [0.3, 0.4) is 0 Å². The van der Waals surface area contributed by atoms with Crippen molar-refractivity contribution < 1.29 is 17.9 Å². The molecular weight excluding hydrogens is 298 g/mol. The van der Waals surface area contributed by atoms with Gasteiger partial charge in [0.25, 0.3) is 0 Å². The summed E-state index contributed by atoms with van der Waals surface area (Å²) >= 11 is 0. The first-order valence-corrected chi connectivity index (χ1v) is 7.62. The molecule has 1 aromatic heterocycles. The summed E-state index contributed by atoms with van der Waals surface area (Å²) in [6, 6.07) is 0. The number of likely N-dealkylation sites (N-methyl/N-ethyl adjacent to an activating group) is 1. The van der Waals surface area contributed by atoms with Crippen molar-refractivity contribution in [2.45, 2.75) is 4.90 Å². The maximum absolute atomic E-state index is 12.6. The molecule has 0 bridgehead atoms. The van der Waals surface area contributed by atoms with Crippen molar-refractivity contribution in [1.29, 1.82) is 0 Å². The second-order valence-corrected chi connectivity index (χ2v) is 6.58. The highest BCUT2D eigenvalue weighted by molar-refractivity contribution is 7.89. The molecular formula is C11H21N5O4S. The van der Waals surface area contributed by atoms with E-state index in [1.165, 1.54) is 22.9 Å². The van der Waals surface area contributed by atoms with Gasteiger partial charge in [-0.3, -0.25) is 9.48 Å². The number of rotatable bonds is 7. The van der Waals surface area contributed by atoms with Crippen molar-refractivity contribution in [1.82, 2.24) is 19.0 Å². The summed E-state index contributed by atoms with van der Waals surface area (Å²) in [5.41, 5.74) is 5.62. The Morgan fingerprint density at radius 3 is 2.52 bits per heavy atom. The molecule has 0 aliphatic rings. The number of nitrogens with two attached hydrogens (primary N) is 1. The molecule has 10 heteroatoms. The van der Waals surface area contributed by atoms with Crippen molar-refractivity contribution in [2.24, 2.45) is 7.05 Å². The molecule has 1 amide bonds. The molecule has 21 heavy (non-hydrogen) atoms. The van der Waals surface area contributed by atoms with Gasteiger partial charge in [-0.25, -0.2) is 8.42 Å². The van der Waals surface area contributed by atoms with Gasteiger partial charge >= 0.3 is 0 Å². The molecule has 0 fully saturated rings. The topological polar surface area (TPSA) is 111 Å². The van der Waals surface area contributed by atoms with Crippen LogP contribution in [0.5, 0.6) is 0 Å². The maximum atomic E-state index is 12.6. The van der Waals surface area contributed by atoms with Crippen molar-refractivity contribution >= 4 is 21.7 Å². The highest BCUT2D eigenvalue weighted by Gasteiger charge is 2.30. The smallest absolute Gasteiger partial charge is 0.248 e. The third-order valence-electron chi connectivity index (χ3n) is 2.80. The molecule has 0 spiro atoms. The molecule has 0 saturated carbocycles. The Labute approximate surface area is 124 Å². The summed E-state index contributed by atoms with van der Waals surface area (Å²) in [6.07, 6.45) is 1.31. The van der Waals surface area contributed by atoms with Gasteiger partial charge in [0.15, 0.2) is 5.82 Å². The van der Waals surface area contributed by atoms with Crippen molar-refractivity contribution in [3.63, 3.8) is 0 Å². The minimum atomic E-state index is -3.91. The number of amides is 1. The Balaban J connectivity index is 3.11. The van der Waals surface area contributed by atoms with Gasteiger partial charge in [-0.2, -0.15) is 9.40 Å². The lowest BCUT2D eigenvalue weighted by Gasteiger charge is -2.22. The normalized spacial score (nSPS) is 11.9. The number of nitrogens with zero attached hydrogens (tertiary/aromatic N) is 4. The molecule has 0 radical (unpaired) electrons. The summed E-state index contributed by atoms with van der Waals surface area (Å²) in [6.45, 7) is -0.0696. The van der Waals surface area contributed by atoms with Crippen LogP contribution in [0.2, 0.25) is 0 Å². The van der Waals surface area contributed by atoms with E-state index in [1.54, 1.807) is 21.1 Å². The quantitative estimate of drug-likeness (QED) is 0.671. The fraction of sp³-hybridized carbons (Fsp3) is 0.636. The SMILES string of the molecule is COCCN(CC(=O)N(C)C)S(=O)(=O)c1cn(C)nc1N. The third kappa shape index (κ3) is 4.16. The van der Waals surface area contributed by atoms with E-state index in [-0.39, 0.29) is 36.3 Å². The van der Waals surface area contributed by atoms with Gasteiger partial charge in [-0.1, -0.05) is 0 Å². The number of aryl methyl sites for hydroxylation is 1. The van der Waals surface area contributed by atoms with Crippen LogP contribution < -0.4 is 5.73 Å². The lowest BCUT2D eigenvalue weighted by atomic mass is 10.5. The summed E-state index contributed by atoms with van der Waals surface area (Å²) < 4.78 is 32.4. The molecule has 0 unspecified atom stereocenters. The predicted octanol–water partition coefficient (Wildman–Crippen LogP) is -1.27. The lowest BCUT2D eigenvalue weighted by Crippen LogP contribution is -2.41. The van der Waals surface area contributed by atoms with E-state index in [2.05, 4.69) is 5.10 Å². The van der Waals surface area contributed by atoms with Gasteiger partial charge in [0.2, 0.25) is 15.9 Å². The zero-order valence-corrected chi connectivity index (χ0v) is 13.4. The molecule has 1 heterocycles. The first-order chi connectivity index (χ1) is 9.70. The monoisotopic (exact) mass is 319 g/mol. The first kappa shape index (κ1) is 17.4. The molecule has 9 nitrogen and oxygen atoms in total. The van der Waals surface area contributed by atoms with Gasteiger partial charge in [0, 0.05) is 41.0 Å². The van der Waals surface area contributed by atoms with Crippen LogP contribution in [0.25, 0.3) is 0 Å². The van der Waals surface area contributed by atoms with E-state index in [9.17, 15) is 13.2 Å². The molecule has 0 aliphatic heterocycles. The number of anilines is 1. The molecule has 0 aromatic carbocycles. The van der Waals surface area contributed by atoms with E-state index in [4.69, 9.17) is 10.5 Å². The van der Waals surface area contributed by atoms with Crippen LogP contribution >= 0.6 is 0 Å². The van der Waals surface area contributed by atoms with Crippen LogP contribution in [0, 0.1) is 0 Å². The minimum Gasteiger partial charge on any atom is -0.383 e. The number of aromatic nitrogens is 2. The number of methoxy groups -OCH3 is 1. The van der Waals surface area contributed by atoms with Gasteiger partial charge in [-0.15, -0.1) is 0 Å². The second kappa shape index (κ2) is 6.87. The van der Waals surface area contributed by atoms with E-state index in [0.29, 0.717) is 0 Å². The lowest BCUT2D eigenvalue weighted by molar-refractivity contribution is -0.128. The Morgan fingerprint density at radius 1 is 1.48 bits per heavy atom. The largest absolute Gasteiger partial charge is 0.383 e. The van der Waals surface area contributed by atoms with Crippen molar-refractivity contribution in [2.75, 3.05) is 46.6 Å². The standard InChI is InChI=1S/C11H21N5O4S/c1-14(2)10(17)8-16(5-6-20-4)21(18,19)9-7-15(3)13-11(9)12/h7H,5-6,8H2,1-4H3,(H2,12,13). The average Bonchev–Trinajstić information content (AvgIpc) is 2.73.